The molecule has 1 unspecified atom stereocenters. The normalized spacial score (nSPS) is 18.5. The van der Waals surface area contributed by atoms with Crippen LogP contribution >= 0.6 is 0 Å². The molecule has 0 spiro atoms. The van der Waals surface area contributed by atoms with E-state index < -0.39 is 0 Å². The molecule has 1 fully saturated rings. The fourth-order valence-corrected chi connectivity index (χ4v) is 2.33. The first kappa shape index (κ1) is 15.5. The smallest absolute Gasteiger partial charge is 0.228 e. The van der Waals surface area contributed by atoms with Crippen LogP contribution in [0.25, 0.3) is 0 Å². The average molecular weight is 264 g/mol. The summed E-state index contributed by atoms with van der Waals surface area (Å²) < 4.78 is 0. The van der Waals surface area contributed by atoms with Crippen molar-refractivity contribution >= 4 is 11.8 Å². The second-order valence-corrected chi connectivity index (χ2v) is 4.91. The predicted molar refractivity (Wildman–Crippen MR) is 76.6 cm³/mol. The molecule has 1 aliphatic rings. The molecule has 0 bridgehead atoms. The molecule has 0 radical (unpaired) electrons. The summed E-state index contributed by atoms with van der Waals surface area (Å²) in [7, 11) is 0. The van der Waals surface area contributed by atoms with Crippen molar-refractivity contribution in [2.24, 2.45) is 5.92 Å². The molecule has 19 heavy (non-hydrogen) atoms. The zero-order chi connectivity index (χ0) is 14.3. The van der Waals surface area contributed by atoms with E-state index in [0.29, 0.717) is 26.1 Å². The number of amides is 2. The van der Waals surface area contributed by atoms with Crippen LogP contribution in [0.1, 0.15) is 26.2 Å². The van der Waals surface area contributed by atoms with Crippen molar-refractivity contribution < 1.29 is 9.59 Å². The van der Waals surface area contributed by atoms with Crippen LogP contribution in [0.3, 0.4) is 0 Å². The van der Waals surface area contributed by atoms with Gasteiger partial charge in [-0.1, -0.05) is 25.5 Å². The number of carbonyl (C=O) groups excluding carboxylic acids is 2. The van der Waals surface area contributed by atoms with Gasteiger partial charge in [0.25, 0.3) is 0 Å². The predicted octanol–water partition coefficient (Wildman–Crippen LogP) is 1.84. The van der Waals surface area contributed by atoms with Crippen molar-refractivity contribution in [3.8, 4) is 0 Å². The van der Waals surface area contributed by atoms with Gasteiger partial charge in [-0.15, -0.1) is 13.2 Å². The zero-order valence-electron chi connectivity index (χ0n) is 11.8. The summed E-state index contributed by atoms with van der Waals surface area (Å²) in [6.07, 6.45) is 5.80. The van der Waals surface area contributed by atoms with Crippen molar-refractivity contribution in [3.05, 3.63) is 25.3 Å². The minimum Gasteiger partial charge on any atom is -0.342 e. The molecule has 1 rings (SSSR count). The van der Waals surface area contributed by atoms with Gasteiger partial charge in [-0.05, 0) is 6.42 Å². The van der Waals surface area contributed by atoms with E-state index in [0.717, 1.165) is 19.4 Å². The topological polar surface area (TPSA) is 40.6 Å². The molecule has 1 aliphatic heterocycles. The Balaban J connectivity index is 2.60. The molecule has 1 saturated heterocycles. The molecule has 2 amide bonds. The second kappa shape index (κ2) is 7.77. The number of nitrogens with zero attached hydrogens (tertiary/aromatic N) is 2. The fourth-order valence-electron chi connectivity index (χ4n) is 2.33. The molecular formula is C15H24N2O2. The van der Waals surface area contributed by atoms with E-state index in [1.807, 2.05) is 4.90 Å². The number of likely N-dealkylation sites (tertiary alicyclic amines) is 1. The van der Waals surface area contributed by atoms with Gasteiger partial charge >= 0.3 is 0 Å². The molecule has 0 saturated carbocycles. The van der Waals surface area contributed by atoms with E-state index >= 15 is 0 Å². The summed E-state index contributed by atoms with van der Waals surface area (Å²) in [6, 6.07) is 0. The van der Waals surface area contributed by atoms with Gasteiger partial charge in [0.1, 0.15) is 0 Å². The minimum absolute atomic E-state index is 0.0344. The van der Waals surface area contributed by atoms with Crippen LogP contribution < -0.4 is 0 Å². The average Bonchev–Trinajstić information content (AvgIpc) is 2.76. The first-order valence-corrected chi connectivity index (χ1v) is 6.92. The maximum Gasteiger partial charge on any atom is 0.228 e. The van der Waals surface area contributed by atoms with Crippen molar-refractivity contribution in [1.82, 2.24) is 9.80 Å². The van der Waals surface area contributed by atoms with E-state index in [-0.39, 0.29) is 17.7 Å². The lowest BCUT2D eigenvalue weighted by Gasteiger charge is -2.23. The second-order valence-electron chi connectivity index (χ2n) is 4.91. The zero-order valence-corrected chi connectivity index (χ0v) is 11.8. The Morgan fingerprint density at radius 3 is 2.58 bits per heavy atom. The lowest BCUT2D eigenvalue weighted by Crippen LogP contribution is -2.37. The third-order valence-corrected chi connectivity index (χ3v) is 3.36. The van der Waals surface area contributed by atoms with E-state index in [1.54, 1.807) is 17.1 Å². The van der Waals surface area contributed by atoms with Gasteiger partial charge in [0.05, 0.1) is 5.92 Å². The monoisotopic (exact) mass is 264 g/mol. The van der Waals surface area contributed by atoms with Crippen LogP contribution in [0.2, 0.25) is 0 Å². The van der Waals surface area contributed by atoms with Crippen molar-refractivity contribution in [1.29, 1.82) is 0 Å². The number of hydrogen-bond donors (Lipinski definition) is 0. The fraction of sp³-hybridized carbons (Fsp3) is 0.600. The lowest BCUT2D eigenvalue weighted by atomic mass is 10.1. The Labute approximate surface area is 115 Å². The number of rotatable bonds is 8. The summed E-state index contributed by atoms with van der Waals surface area (Å²) in [5.74, 6) is -0.0691. The quantitative estimate of drug-likeness (QED) is 0.628. The van der Waals surface area contributed by atoms with E-state index in [9.17, 15) is 9.59 Å². The molecule has 4 heteroatoms. The van der Waals surface area contributed by atoms with Crippen molar-refractivity contribution in [2.45, 2.75) is 26.2 Å². The van der Waals surface area contributed by atoms with Gasteiger partial charge in [0.2, 0.25) is 11.8 Å². The molecule has 0 aromatic rings. The van der Waals surface area contributed by atoms with Gasteiger partial charge < -0.3 is 9.80 Å². The third-order valence-electron chi connectivity index (χ3n) is 3.36. The van der Waals surface area contributed by atoms with Gasteiger partial charge in [-0.2, -0.15) is 0 Å². The summed E-state index contributed by atoms with van der Waals surface area (Å²) >= 11 is 0. The standard InChI is InChI=1S/C15H24N2O2/c1-4-7-10-17-12-13(11-14(17)18)15(19)16(8-5-2)9-6-3/h5-6,13H,2-4,7-12H2,1H3. The minimum atomic E-state index is -0.204. The highest BCUT2D eigenvalue weighted by atomic mass is 16.2. The molecular weight excluding hydrogens is 240 g/mol. The van der Waals surface area contributed by atoms with Crippen molar-refractivity contribution in [2.75, 3.05) is 26.2 Å². The maximum absolute atomic E-state index is 12.3. The maximum atomic E-state index is 12.3. The molecule has 0 N–H and O–H groups in total. The van der Waals surface area contributed by atoms with E-state index in [1.165, 1.54) is 0 Å². The van der Waals surface area contributed by atoms with Crippen LogP contribution in [-0.2, 0) is 9.59 Å². The molecule has 0 aliphatic carbocycles. The number of carbonyl (C=O) groups is 2. The first-order chi connectivity index (χ1) is 9.13. The van der Waals surface area contributed by atoms with Gasteiger partial charge in [0, 0.05) is 32.6 Å². The summed E-state index contributed by atoms with van der Waals surface area (Å²) in [6.45, 7) is 11.7. The van der Waals surface area contributed by atoms with Crippen LogP contribution in [-0.4, -0.2) is 47.8 Å². The third kappa shape index (κ3) is 4.23. The Bertz CT molecular complexity index is 342. The highest BCUT2D eigenvalue weighted by Gasteiger charge is 2.35. The Morgan fingerprint density at radius 1 is 1.42 bits per heavy atom. The molecule has 0 aromatic carbocycles. The summed E-state index contributed by atoms with van der Waals surface area (Å²) in [5, 5.41) is 0. The number of hydrogen-bond acceptors (Lipinski definition) is 2. The Kier molecular flexibility index (Phi) is 6.33. The highest BCUT2D eigenvalue weighted by molar-refractivity contribution is 5.89. The molecule has 106 valence electrons. The van der Waals surface area contributed by atoms with E-state index in [2.05, 4.69) is 20.1 Å². The number of unbranched alkanes of at least 4 members (excludes halogenated alkanes) is 1. The summed E-state index contributed by atoms with van der Waals surface area (Å²) in [4.78, 5) is 27.7. The van der Waals surface area contributed by atoms with Gasteiger partial charge in [-0.3, -0.25) is 9.59 Å². The lowest BCUT2D eigenvalue weighted by molar-refractivity contribution is -0.134. The van der Waals surface area contributed by atoms with E-state index in [4.69, 9.17) is 0 Å². The van der Waals surface area contributed by atoms with Crippen LogP contribution in [0, 0.1) is 5.92 Å². The van der Waals surface area contributed by atoms with Crippen molar-refractivity contribution in [3.63, 3.8) is 0 Å². The molecule has 0 aromatic heterocycles. The Hall–Kier alpha value is -1.58. The SMILES string of the molecule is C=CCN(CC=C)C(=O)C1CC(=O)N(CCCC)C1. The highest BCUT2D eigenvalue weighted by Crippen LogP contribution is 2.20. The van der Waals surface area contributed by atoms with Gasteiger partial charge in [-0.25, -0.2) is 0 Å². The molecule has 1 atom stereocenters. The van der Waals surface area contributed by atoms with Crippen LogP contribution in [0.4, 0.5) is 0 Å². The molecule has 4 nitrogen and oxygen atoms in total. The summed E-state index contributed by atoms with van der Waals surface area (Å²) in [5.41, 5.74) is 0. The van der Waals surface area contributed by atoms with Crippen LogP contribution in [0.15, 0.2) is 25.3 Å². The van der Waals surface area contributed by atoms with Gasteiger partial charge in [0.15, 0.2) is 0 Å². The largest absolute Gasteiger partial charge is 0.342 e. The Morgan fingerprint density at radius 2 is 2.05 bits per heavy atom. The van der Waals surface area contributed by atoms with Crippen LogP contribution in [0.5, 0.6) is 0 Å². The molecule has 1 heterocycles. The first-order valence-electron chi connectivity index (χ1n) is 6.92.